The lowest BCUT2D eigenvalue weighted by Gasteiger charge is -2.31. The molecule has 0 saturated carbocycles. The van der Waals surface area contributed by atoms with Crippen LogP contribution in [0, 0.1) is 0 Å². The number of rotatable bonds is 4. The van der Waals surface area contributed by atoms with E-state index >= 15 is 0 Å². The number of carboxylic acids is 1. The Labute approximate surface area is 172 Å². The summed E-state index contributed by atoms with van der Waals surface area (Å²) in [5, 5.41) is 15.3. The zero-order valence-corrected chi connectivity index (χ0v) is 15.8. The van der Waals surface area contributed by atoms with Gasteiger partial charge in [0.2, 0.25) is 0 Å². The van der Waals surface area contributed by atoms with Gasteiger partial charge in [-0.1, -0.05) is 11.8 Å². The van der Waals surface area contributed by atoms with E-state index in [0.717, 1.165) is 39.5 Å². The highest BCUT2D eigenvalue weighted by atomic mass is 16.4. The summed E-state index contributed by atoms with van der Waals surface area (Å²) in [6, 6.07) is 12.5. The fourth-order valence-electron chi connectivity index (χ4n) is 3.71. The maximum absolute atomic E-state index is 11.8. The number of hydrogen-bond acceptors (Lipinski definition) is 4. The first-order valence-electron chi connectivity index (χ1n) is 9.47. The molecule has 2 aromatic carbocycles. The van der Waals surface area contributed by atoms with Crippen LogP contribution in [0.3, 0.4) is 0 Å². The number of anilines is 1. The molecule has 6 nitrogen and oxygen atoms in total. The van der Waals surface area contributed by atoms with Crippen molar-refractivity contribution in [2.45, 2.75) is 6.54 Å². The summed E-state index contributed by atoms with van der Waals surface area (Å²) in [6.07, 6.45) is 9.73. The topological polar surface area (TPSA) is 81.7 Å². The number of hydrogen-bond donors (Lipinski definition) is 3. The number of benzene rings is 2. The molecular weight excluding hydrogens is 378 g/mol. The fourth-order valence-corrected chi connectivity index (χ4v) is 3.71. The number of carbonyl (C=O) groups excluding carboxylic acids is 1. The van der Waals surface area contributed by atoms with Gasteiger partial charge in [-0.25, -0.2) is 4.79 Å². The Morgan fingerprint density at radius 3 is 2.77 bits per heavy atom. The van der Waals surface area contributed by atoms with Gasteiger partial charge < -0.3 is 20.6 Å². The number of allylic oxidation sites excluding steroid dienone is 3. The minimum absolute atomic E-state index is 0.0316. The van der Waals surface area contributed by atoms with Gasteiger partial charge >= 0.3 is 5.97 Å². The van der Waals surface area contributed by atoms with Gasteiger partial charge in [0.25, 0.3) is 5.91 Å². The third kappa shape index (κ3) is 3.02. The molecule has 0 fully saturated rings. The van der Waals surface area contributed by atoms with Gasteiger partial charge in [-0.3, -0.25) is 4.79 Å². The Morgan fingerprint density at radius 1 is 1.13 bits per heavy atom. The quantitative estimate of drug-likeness (QED) is 0.685. The molecule has 3 heterocycles. The lowest BCUT2D eigenvalue weighted by Crippen LogP contribution is -2.23. The minimum Gasteiger partial charge on any atom is -0.478 e. The van der Waals surface area contributed by atoms with Crippen LogP contribution in [0.5, 0.6) is 0 Å². The Hall–Kier alpha value is -4.28. The SMILES string of the molecule is O=C(O)c1ccc(NC2=CC=C(c3ccc4c(c3)CNC4=O)N3C=CC=C=C23)cc1. The monoisotopic (exact) mass is 395 g/mol. The van der Waals surface area contributed by atoms with Gasteiger partial charge in [-0.2, -0.15) is 0 Å². The normalized spacial score (nSPS) is 16.2. The molecule has 3 N–H and O–H groups in total. The van der Waals surface area contributed by atoms with E-state index in [4.69, 9.17) is 5.11 Å². The van der Waals surface area contributed by atoms with Crippen molar-refractivity contribution in [3.8, 4) is 0 Å². The van der Waals surface area contributed by atoms with Crippen LogP contribution in [-0.2, 0) is 6.54 Å². The van der Waals surface area contributed by atoms with E-state index in [0.29, 0.717) is 6.54 Å². The van der Waals surface area contributed by atoms with E-state index in [1.807, 2.05) is 53.6 Å². The second-order valence-corrected chi connectivity index (χ2v) is 7.07. The van der Waals surface area contributed by atoms with E-state index in [9.17, 15) is 9.59 Å². The van der Waals surface area contributed by atoms with E-state index in [1.165, 1.54) is 0 Å². The second-order valence-electron chi connectivity index (χ2n) is 7.07. The van der Waals surface area contributed by atoms with Crippen molar-refractivity contribution in [2.24, 2.45) is 0 Å². The highest BCUT2D eigenvalue weighted by Crippen LogP contribution is 2.34. The number of aromatic carboxylic acids is 1. The molecule has 0 aromatic heterocycles. The first-order valence-corrected chi connectivity index (χ1v) is 9.47. The highest BCUT2D eigenvalue weighted by Gasteiger charge is 2.24. The molecule has 2 aromatic rings. The summed E-state index contributed by atoms with van der Waals surface area (Å²) in [5.41, 5.74) is 9.72. The summed E-state index contributed by atoms with van der Waals surface area (Å²) >= 11 is 0. The van der Waals surface area contributed by atoms with Crippen molar-refractivity contribution < 1.29 is 14.7 Å². The number of carbonyl (C=O) groups is 2. The molecular formula is C24H17N3O3. The Kier molecular flexibility index (Phi) is 4.12. The summed E-state index contributed by atoms with van der Waals surface area (Å²) in [4.78, 5) is 24.9. The molecule has 0 bridgehead atoms. The van der Waals surface area contributed by atoms with Crippen molar-refractivity contribution in [3.05, 3.63) is 112 Å². The van der Waals surface area contributed by atoms with Crippen LogP contribution in [0.15, 0.2) is 90.1 Å². The van der Waals surface area contributed by atoms with Crippen LogP contribution in [0.4, 0.5) is 5.69 Å². The molecule has 1 amide bonds. The van der Waals surface area contributed by atoms with Gasteiger partial charge in [0.05, 0.1) is 17.0 Å². The van der Waals surface area contributed by atoms with Crippen molar-refractivity contribution >= 4 is 23.3 Å². The Morgan fingerprint density at radius 2 is 1.97 bits per heavy atom. The smallest absolute Gasteiger partial charge is 0.335 e. The molecule has 0 atom stereocenters. The summed E-state index contributed by atoms with van der Waals surface area (Å²) in [7, 11) is 0. The van der Waals surface area contributed by atoms with Crippen LogP contribution < -0.4 is 10.6 Å². The van der Waals surface area contributed by atoms with Crippen molar-refractivity contribution in [3.63, 3.8) is 0 Å². The predicted octanol–water partition coefficient (Wildman–Crippen LogP) is 3.85. The van der Waals surface area contributed by atoms with Crippen LogP contribution in [0.2, 0.25) is 0 Å². The minimum atomic E-state index is -0.952. The van der Waals surface area contributed by atoms with Gasteiger partial charge in [0.15, 0.2) is 0 Å². The zero-order valence-electron chi connectivity index (χ0n) is 15.8. The van der Waals surface area contributed by atoms with Gasteiger partial charge in [0.1, 0.15) is 5.70 Å². The van der Waals surface area contributed by atoms with Gasteiger partial charge in [0, 0.05) is 24.0 Å². The first-order chi connectivity index (χ1) is 14.6. The maximum atomic E-state index is 11.8. The number of amides is 1. The molecule has 3 aliphatic rings. The van der Waals surface area contributed by atoms with Crippen LogP contribution in [-0.4, -0.2) is 21.9 Å². The first kappa shape index (κ1) is 17.8. The molecule has 6 heteroatoms. The van der Waals surface area contributed by atoms with Crippen molar-refractivity contribution in [2.75, 3.05) is 5.32 Å². The molecule has 5 rings (SSSR count). The molecule has 0 saturated heterocycles. The van der Waals surface area contributed by atoms with Crippen molar-refractivity contribution in [1.29, 1.82) is 0 Å². The average molecular weight is 395 g/mol. The second kappa shape index (κ2) is 6.95. The molecule has 0 unspecified atom stereocenters. The van der Waals surface area contributed by atoms with E-state index in [2.05, 4.69) is 16.4 Å². The molecule has 0 spiro atoms. The van der Waals surface area contributed by atoms with Crippen LogP contribution in [0.1, 0.15) is 31.8 Å². The molecule has 0 aliphatic carbocycles. The third-order valence-corrected chi connectivity index (χ3v) is 5.21. The lowest BCUT2D eigenvalue weighted by atomic mass is 10.00. The summed E-state index contributed by atoms with van der Waals surface area (Å²) < 4.78 is 0. The zero-order chi connectivity index (χ0) is 20.7. The molecule has 30 heavy (non-hydrogen) atoms. The van der Waals surface area contributed by atoms with Gasteiger partial charge in [-0.05, 0) is 71.8 Å². The molecule has 3 aliphatic heterocycles. The third-order valence-electron chi connectivity index (χ3n) is 5.21. The van der Waals surface area contributed by atoms with E-state index in [1.54, 1.807) is 24.3 Å². The van der Waals surface area contributed by atoms with Crippen LogP contribution >= 0.6 is 0 Å². The largest absolute Gasteiger partial charge is 0.478 e. The maximum Gasteiger partial charge on any atom is 0.335 e. The van der Waals surface area contributed by atoms with Gasteiger partial charge in [-0.15, -0.1) is 0 Å². The predicted molar refractivity (Wildman–Crippen MR) is 113 cm³/mol. The lowest BCUT2D eigenvalue weighted by molar-refractivity contribution is 0.0696. The Bertz CT molecular complexity index is 1240. The average Bonchev–Trinajstić information content (AvgIpc) is 3.14. The number of nitrogens with zero attached hydrogens (tertiary/aromatic N) is 1. The molecule has 0 radical (unpaired) electrons. The Balaban J connectivity index is 1.49. The summed E-state index contributed by atoms with van der Waals surface area (Å²) in [6.45, 7) is 0.544. The highest BCUT2D eigenvalue weighted by molar-refractivity contribution is 5.98. The van der Waals surface area contributed by atoms with E-state index in [-0.39, 0.29) is 11.5 Å². The summed E-state index contributed by atoms with van der Waals surface area (Å²) in [5.74, 6) is -0.984. The molecule has 146 valence electrons. The standard InChI is InChI=1S/C24H17N3O3/c28-23-19-9-6-16(13-17(19)14-25-23)21-11-10-20(22-3-1-2-12-27(21)22)26-18-7-4-15(5-8-18)24(29)30/h1-2,4-13,26H,14H2,(H,25,28)(H,29,30). The van der Waals surface area contributed by atoms with E-state index < -0.39 is 5.97 Å². The number of nitrogens with one attached hydrogen (secondary N) is 2. The van der Waals surface area contributed by atoms with Crippen molar-refractivity contribution in [1.82, 2.24) is 10.2 Å². The number of fused-ring (bicyclic) bond motifs is 2. The van der Waals surface area contributed by atoms with Crippen LogP contribution in [0.25, 0.3) is 5.70 Å². The number of carboxylic acid groups (broad SMARTS) is 1. The fraction of sp³-hybridized carbons (Fsp3) is 0.0417.